The van der Waals surface area contributed by atoms with Crippen LogP contribution < -0.4 is 0 Å². The Labute approximate surface area is 319 Å². The van der Waals surface area contributed by atoms with Crippen molar-refractivity contribution in [1.29, 1.82) is 0 Å². The number of hydrogen-bond donors (Lipinski definition) is 0. The molecule has 0 atom stereocenters. The molecule has 0 amide bonds. The fourth-order valence-electron chi connectivity index (χ4n) is 10.4. The third kappa shape index (κ3) is 4.32. The maximum absolute atomic E-state index is 5.62. The van der Waals surface area contributed by atoms with Crippen LogP contribution in [0.4, 0.5) is 0 Å². The van der Waals surface area contributed by atoms with Gasteiger partial charge in [0.2, 0.25) is 0 Å². The minimum absolute atomic E-state index is 0.0512. The van der Waals surface area contributed by atoms with Crippen molar-refractivity contribution in [2.24, 2.45) is 0 Å². The second-order valence-corrected chi connectivity index (χ2v) is 15.6. The average molecular weight is 704 g/mol. The first-order valence-electron chi connectivity index (χ1n) is 19.7. The predicted octanol–water partition coefficient (Wildman–Crippen LogP) is 13.6. The fraction of sp³-hybridized carbons (Fsp3) is 0.115. The van der Waals surface area contributed by atoms with Crippen molar-refractivity contribution in [3.05, 3.63) is 175 Å². The van der Waals surface area contributed by atoms with Crippen LogP contribution in [0.15, 0.2) is 164 Å². The molecule has 3 heteroatoms. The summed E-state index contributed by atoms with van der Waals surface area (Å²) in [7, 11) is 0. The second kappa shape index (κ2) is 11.7. The molecule has 260 valence electrons. The van der Waals surface area contributed by atoms with E-state index in [1.54, 1.807) is 0 Å². The van der Waals surface area contributed by atoms with E-state index in [0.717, 1.165) is 46.5 Å². The topological polar surface area (TPSA) is 30.7 Å². The van der Waals surface area contributed by atoms with Crippen LogP contribution in [0.2, 0.25) is 0 Å². The lowest BCUT2D eigenvalue weighted by atomic mass is 9.66. The Bertz CT molecular complexity index is 3180. The molecule has 0 aliphatic heterocycles. The highest BCUT2D eigenvalue weighted by atomic mass is 15.1. The van der Waals surface area contributed by atoms with E-state index in [1.165, 1.54) is 90.4 Å². The zero-order valence-electron chi connectivity index (χ0n) is 30.5. The lowest BCUT2D eigenvalue weighted by molar-refractivity contribution is 0.355. The van der Waals surface area contributed by atoms with Gasteiger partial charge < -0.3 is 0 Å². The van der Waals surface area contributed by atoms with Crippen molar-refractivity contribution in [2.75, 3.05) is 0 Å². The number of fused-ring (bicyclic) bond motifs is 15. The number of hydrogen-bond acceptors (Lipinski definition) is 2. The van der Waals surface area contributed by atoms with Gasteiger partial charge in [0.1, 0.15) is 5.69 Å². The molecule has 0 N–H and O–H groups in total. The quantitative estimate of drug-likeness (QED) is 0.183. The minimum atomic E-state index is -0.0512. The zero-order valence-corrected chi connectivity index (χ0v) is 30.5. The van der Waals surface area contributed by atoms with Gasteiger partial charge in [0.05, 0.1) is 22.1 Å². The molecule has 2 heterocycles. The van der Waals surface area contributed by atoms with E-state index >= 15 is 0 Å². The Morgan fingerprint density at radius 1 is 0.491 bits per heavy atom. The molecule has 0 unspecified atom stereocenters. The van der Waals surface area contributed by atoms with Crippen LogP contribution in [-0.4, -0.2) is 14.5 Å². The molecule has 55 heavy (non-hydrogen) atoms. The Hall–Kier alpha value is -6.58. The lowest BCUT2D eigenvalue weighted by Crippen LogP contribution is -2.28. The molecule has 3 nitrogen and oxygen atoms in total. The maximum atomic E-state index is 5.62. The van der Waals surface area contributed by atoms with Crippen LogP contribution in [-0.2, 0) is 5.41 Å². The van der Waals surface area contributed by atoms with Crippen LogP contribution in [0.3, 0.4) is 0 Å². The molecular weight excluding hydrogens is 667 g/mol. The SMILES string of the molecule is c1ccc(-c2cccc(-c3nc4ccccc4nc3-n3c4ccc5ccccc5c4c4c5c(c6ccccc6c43)-c3ccccc3C53CCCCC3)c2)cc1. The van der Waals surface area contributed by atoms with Crippen LogP contribution >= 0.6 is 0 Å². The summed E-state index contributed by atoms with van der Waals surface area (Å²) in [6.07, 6.45) is 6.09. The van der Waals surface area contributed by atoms with Crippen molar-refractivity contribution in [1.82, 2.24) is 14.5 Å². The summed E-state index contributed by atoms with van der Waals surface area (Å²) in [5.74, 6) is 0.859. The van der Waals surface area contributed by atoms with Crippen molar-refractivity contribution >= 4 is 54.4 Å². The summed E-state index contributed by atoms with van der Waals surface area (Å²) < 4.78 is 2.49. The Balaban J connectivity index is 1.30. The van der Waals surface area contributed by atoms with Crippen molar-refractivity contribution in [3.8, 4) is 39.3 Å². The van der Waals surface area contributed by atoms with Crippen molar-refractivity contribution in [2.45, 2.75) is 37.5 Å². The smallest absolute Gasteiger partial charge is 0.165 e. The Morgan fingerprint density at radius 3 is 2.02 bits per heavy atom. The fourth-order valence-corrected chi connectivity index (χ4v) is 10.4. The highest BCUT2D eigenvalue weighted by Crippen LogP contribution is 2.61. The van der Waals surface area contributed by atoms with E-state index in [1.807, 2.05) is 0 Å². The first kappa shape index (κ1) is 30.8. The molecule has 12 rings (SSSR count). The molecule has 10 aromatic rings. The van der Waals surface area contributed by atoms with Crippen LogP contribution in [0.5, 0.6) is 0 Å². The lowest BCUT2D eigenvalue weighted by Gasteiger charge is -2.36. The van der Waals surface area contributed by atoms with Crippen LogP contribution in [0.1, 0.15) is 43.2 Å². The van der Waals surface area contributed by atoms with E-state index in [0.29, 0.717) is 0 Å². The molecule has 2 aliphatic carbocycles. The molecule has 8 aromatic carbocycles. The van der Waals surface area contributed by atoms with Gasteiger partial charge in [-0.05, 0) is 86.6 Å². The summed E-state index contributed by atoms with van der Waals surface area (Å²) >= 11 is 0. The van der Waals surface area contributed by atoms with Crippen molar-refractivity contribution < 1.29 is 0 Å². The van der Waals surface area contributed by atoms with Gasteiger partial charge in [-0.15, -0.1) is 0 Å². The Morgan fingerprint density at radius 2 is 1.16 bits per heavy atom. The number of nitrogens with zero attached hydrogens (tertiary/aromatic N) is 3. The summed E-state index contributed by atoms with van der Waals surface area (Å²) in [5.41, 5.74) is 14.2. The number of benzene rings is 8. The average Bonchev–Trinajstić information content (AvgIpc) is 3.75. The van der Waals surface area contributed by atoms with Gasteiger partial charge in [-0.2, -0.15) is 0 Å². The maximum Gasteiger partial charge on any atom is 0.165 e. The van der Waals surface area contributed by atoms with Gasteiger partial charge >= 0.3 is 0 Å². The summed E-state index contributed by atoms with van der Waals surface area (Å²) in [5, 5.41) is 7.78. The normalized spacial score (nSPS) is 14.7. The van der Waals surface area contributed by atoms with Crippen LogP contribution in [0.25, 0.3) is 93.7 Å². The summed E-state index contributed by atoms with van der Waals surface area (Å²) in [6.45, 7) is 0. The molecule has 0 radical (unpaired) electrons. The van der Waals surface area contributed by atoms with E-state index in [9.17, 15) is 0 Å². The molecule has 1 saturated carbocycles. The monoisotopic (exact) mass is 703 g/mol. The van der Waals surface area contributed by atoms with E-state index in [2.05, 4.69) is 168 Å². The highest BCUT2D eigenvalue weighted by molar-refractivity contribution is 6.30. The van der Waals surface area contributed by atoms with Gasteiger partial charge in [0, 0.05) is 27.1 Å². The zero-order chi connectivity index (χ0) is 36.1. The molecule has 0 saturated heterocycles. The largest absolute Gasteiger partial charge is 0.291 e. The number of para-hydroxylation sites is 2. The number of aromatic nitrogens is 3. The van der Waals surface area contributed by atoms with Gasteiger partial charge in [-0.3, -0.25) is 4.57 Å². The minimum Gasteiger partial charge on any atom is -0.291 e. The Kier molecular flexibility index (Phi) is 6.56. The molecule has 2 aliphatic rings. The molecule has 0 bridgehead atoms. The molecular formula is C52H37N3. The molecule has 1 spiro atoms. The third-order valence-electron chi connectivity index (χ3n) is 12.7. The van der Waals surface area contributed by atoms with Gasteiger partial charge in [-0.1, -0.05) is 159 Å². The molecule has 2 aromatic heterocycles. The van der Waals surface area contributed by atoms with E-state index < -0.39 is 0 Å². The summed E-state index contributed by atoms with van der Waals surface area (Å²) in [6, 6.07) is 59.8. The van der Waals surface area contributed by atoms with Crippen LogP contribution in [0, 0.1) is 0 Å². The predicted molar refractivity (Wildman–Crippen MR) is 229 cm³/mol. The van der Waals surface area contributed by atoms with Gasteiger partial charge in [-0.25, -0.2) is 9.97 Å². The first-order chi connectivity index (χ1) is 27.3. The highest BCUT2D eigenvalue weighted by Gasteiger charge is 2.46. The number of rotatable bonds is 3. The third-order valence-corrected chi connectivity index (χ3v) is 12.7. The summed E-state index contributed by atoms with van der Waals surface area (Å²) in [4.78, 5) is 11.1. The second-order valence-electron chi connectivity index (χ2n) is 15.6. The van der Waals surface area contributed by atoms with Crippen molar-refractivity contribution in [3.63, 3.8) is 0 Å². The van der Waals surface area contributed by atoms with E-state index in [4.69, 9.17) is 9.97 Å². The van der Waals surface area contributed by atoms with Gasteiger partial charge in [0.25, 0.3) is 0 Å². The first-order valence-corrected chi connectivity index (χ1v) is 19.7. The van der Waals surface area contributed by atoms with Gasteiger partial charge in [0.15, 0.2) is 5.82 Å². The van der Waals surface area contributed by atoms with E-state index in [-0.39, 0.29) is 5.41 Å². The molecule has 1 fully saturated rings. The standard InChI is InChI=1S/C52H37N3/c1-3-16-33(17-4-1)35-19-15-20-36(32-35)49-51(54-43-27-12-11-26-42(43)53-49)55-44-29-28-34-18-5-6-21-37(34)46(44)47-48-45(38-22-7-8-23-39(38)50(47)55)40-24-9-10-25-41(40)52(48)30-13-2-14-31-52/h1,3-12,15-29,32H,2,13-14,30-31H2.